The van der Waals surface area contributed by atoms with E-state index in [1.165, 1.54) is 12.8 Å². The lowest BCUT2D eigenvalue weighted by molar-refractivity contribution is 0.360. The van der Waals surface area contributed by atoms with Crippen LogP contribution in [0.5, 0.6) is 0 Å². The molecule has 0 saturated carbocycles. The highest BCUT2D eigenvalue weighted by Crippen LogP contribution is 2.13. The van der Waals surface area contributed by atoms with E-state index in [4.69, 9.17) is 0 Å². The molecule has 2 aliphatic rings. The Morgan fingerprint density at radius 1 is 1.42 bits per heavy atom. The highest BCUT2D eigenvalue weighted by molar-refractivity contribution is 5.81. The topological polar surface area (TPSA) is 36.4 Å². The summed E-state index contributed by atoms with van der Waals surface area (Å²) in [6, 6.07) is 0.578. The molecule has 2 atom stereocenters. The summed E-state index contributed by atoms with van der Waals surface area (Å²) in [6.07, 6.45) is 2.91. The van der Waals surface area contributed by atoms with Crippen LogP contribution in [0.1, 0.15) is 33.6 Å². The number of amidine groups is 1. The maximum Gasteiger partial charge on any atom is 0.122 e. The minimum atomic E-state index is 0.369. The summed E-state index contributed by atoms with van der Waals surface area (Å²) in [5.74, 6) is 1.09. The Kier molecular flexibility index (Phi) is 3.53. The third-order valence-corrected chi connectivity index (χ3v) is 2.15. The van der Waals surface area contributed by atoms with E-state index in [9.17, 15) is 0 Å². The molecule has 2 rings (SSSR count). The van der Waals surface area contributed by atoms with Crippen LogP contribution < -0.4 is 10.6 Å². The van der Waals surface area contributed by atoms with Gasteiger partial charge in [-0.2, -0.15) is 0 Å². The first kappa shape index (κ1) is 9.52. The van der Waals surface area contributed by atoms with Gasteiger partial charge in [0, 0.05) is 0 Å². The lowest BCUT2D eigenvalue weighted by Crippen LogP contribution is -2.46. The van der Waals surface area contributed by atoms with Crippen molar-refractivity contribution in [3.05, 3.63) is 0 Å². The van der Waals surface area contributed by atoms with Crippen LogP contribution in [0.15, 0.2) is 4.99 Å². The summed E-state index contributed by atoms with van der Waals surface area (Å²) < 4.78 is 0. The maximum atomic E-state index is 4.40. The van der Waals surface area contributed by atoms with Crippen LogP contribution in [0.25, 0.3) is 0 Å². The fraction of sp³-hybridized carbons (Fsp3) is 0.889. The highest BCUT2D eigenvalue weighted by Gasteiger charge is 2.28. The zero-order valence-corrected chi connectivity index (χ0v) is 8.22. The summed E-state index contributed by atoms with van der Waals surface area (Å²) in [5.41, 5.74) is 0. The second kappa shape index (κ2) is 4.45. The first-order valence-electron chi connectivity index (χ1n) is 4.90. The van der Waals surface area contributed by atoms with Gasteiger partial charge in [0.2, 0.25) is 0 Å². The molecule has 3 nitrogen and oxygen atoms in total. The number of hydrogen-bond donors (Lipinski definition) is 2. The van der Waals surface area contributed by atoms with Crippen LogP contribution in [0, 0.1) is 0 Å². The second-order valence-corrected chi connectivity index (χ2v) is 3.01. The molecule has 0 amide bonds. The molecule has 1 saturated heterocycles. The van der Waals surface area contributed by atoms with Crippen molar-refractivity contribution in [2.24, 2.45) is 4.99 Å². The van der Waals surface area contributed by atoms with Gasteiger partial charge in [-0.3, -0.25) is 10.3 Å². The molecular formula is C9H19N3. The number of piperidine rings is 1. The van der Waals surface area contributed by atoms with Gasteiger partial charge in [-0.15, -0.1) is 0 Å². The van der Waals surface area contributed by atoms with Gasteiger partial charge in [0.1, 0.15) is 6.17 Å². The van der Waals surface area contributed by atoms with E-state index >= 15 is 0 Å². The van der Waals surface area contributed by atoms with Crippen molar-refractivity contribution < 1.29 is 0 Å². The minimum absolute atomic E-state index is 0.369. The van der Waals surface area contributed by atoms with Gasteiger partial charge in [-0.05, 0) is 26.3 Å². The molecule has 1 fully saturated rings. The Labute approximate surface area is 74.6 Å². The summed E-state index contributed by atoms with van der Waals surface area (Å²) in [6.45, 7) is 7.15. The third-order valence-electron chi connectivity index (χ3n) is 2.15. The van der Waals surface area contributed by atoms with Crippen molar-refractivity contribution in [1.29, 1.82) is 0 Å². The van der Waals surface area contributed by atoms with Gasteiger partial charge in [-0.1, -0.05) is 13.8 Å². The van der Waals surface area contributed by atoms with Crippen molar-refractivity contribution in [2.45, 2.75) is 45.8 Å². The molecule has 0 spiro atoms. The molecule has 2 unspecified atom stereocenters. The minimum Gasteiger partial charge on any atom is -0.368 e. The molecule has 0 aliphatic carbocycles. The summed E-state index contributed by atoms with van der Waals surface area (Å²) in [4.78, 5) is 4.40. The van der Waals surface area contributed by atoms with Crippen LogP contribution in [0.2, 0.25) is 0 Å². The Hall–Kier alpha value is -0.570. The average Bonchev–Trinajstić information content (AvgIpc) is 2.48. The highest BCUT2D eigenvalue weighted by atomic mass is 15.2. The lowest BCUT2D eigenvalue weighted by atomic mass is 10.1. The van der Waals surface area contributed by atoms with Gasteiger partial charge in [0.25, 0.3) is 0 Å². The van der Waals surface area contributed by atoms with Gasteiger partial charge >= 0.3 is 0 Å². The zero-order chi connectivity index (χ0) is 8.97. The van der Waals surface area contributed by atoms with Crippen LogP contribution >= 0.6 is 0 Å². The van der Waals surface area contributed by atoms with Gasteiger partial charge in [0.15, 0.2) is 0 Å². The summed E-state index contributed by atoms with van der Waals surface area (Å²) >= 11 is 0. The van der Waals surface area contributed by atoms with Crippen molar-refractivity contribution in [3.63, 3.8) is 0 Å². The molecule has 0 radical (unpaired) electrons. The van der Waals surface area contributed by atoms with E-state index < -0.39 is 0 Å². The van der Waals surface area contributed by atoms with E-state index in [-0.39, 0.29) is 0 Å². The number of hydrogen-bond acceptors (Lipinski definition) is 3. The number of fused-ring (bicyclic) bond motifs is 1. The van der Waals surface area contributed by atoms with Crippen LogP contribution in [-0.2, 0) is 0 Å². The van der Waals surface area contributed by atoms with Crippen LogP contribution in [0.3, 0.4) is 0 Å². The Morgan fingerprint density at radius 3 is 2.83 bits per heavy atom. The maximum absolute atomic E-state index is 4.40. The molecule has 70 valence electrons. The van der Waals surface area contributed by atoms with E-state index in [2.05, 4.69) is 15.6 Å². The molecular weight excluding hydrogens is 150 g/mol. The fourth-order valence-corrected chi connectivity index (χ4v) is 1.67. The van der Waals surface area contributed by atoms with Crippen molar-refractivity contribution in [3.8, 4) is 0 Å². The second-order valence-electron chi connectivity index (χ2n) is 3.01. The molecule has 0 aromatic carbocycles. The molecule has 0 aromatic heterocycles. The summed E-state index contributed by atoms with van der Waals surface area (Å²) in [5, 5.41) is 6.70. The standard InChI is InChI=1S/C7H13N3.C2H6/c1-5-9-6-3-2-4-8-7(6)10-5;1-2/h6-8H,2-4H2,1H3,(H,9,10);1-2H3. The monoisotopic (exact) mass is 169 g/mol. The van der Waals surface area contributed by atoms with E-state index in [1.807, 2.05) is 20.8 Å². The first-order valence-corrected chi connectivity index (χ1v) is 4.90. The average molecular weight is 169 g/mol. The van der Waals surface area contributed by atoms with Gasteiger partial charge in [0.05, 0.1) is 11.9 Å². The van der Waals surface area contributed by atoms with E-state index in [0.717, 1.165) is 12.4 Å². The third kappa shape index (κ3) is 1.97. The van der Waals surface area contributed by atoms with Crippen molar-refractivity contribution >= 4 is 5.84 Å². The number of aliphatic imine (C=N–C) groups is 1. The van der Waals surface area contributed by atoms with Crippen LogP contribution in [-0.4, -0.2) is 24.6 Å². The Bertz CT molecular complexity index is 165. The molecule has 2 heterocycles. The number of rotatable bonds is 0. The van der Waals surface area contributed by atoms with Crippen LogP contribution in [0.4, 0.5) is 0 Å². The fourth-order valence-electron chi connectivity index (χ4n) is 1.67. The van der Waals surface area contributed by atoms with Gasteiger partial charge in [-0.25, -0.2) is 0 Å². The van der Waals surface area contributed by atoms with E-state index in [1.54, 1.807) is 0 Å². The number of nitrogens with one attached hydrogen (secondary N) is 2. The quantitative estimate of drug-likeness (QED) is 0.570. The predicted molar refractivity (Wildman–Crippen MR) is 52.4 cm³/mol. The normalized spacial score (nSPS) is 32.4. The zero-order valence-electron chi connectivity index (χ0n) is 8.22. The predicted octanol–water partition coefficient (Wildman–Crippen LogP) is 1.11. The van der Waals surface area contributed by atoms with Gasteiger partial charge < -0.3 is 5.32 Å². The largest absolute Gasteiger partial charge is 0.368 e. The first-order chi connectivity index (χ1) is 5.86. The Balaban J connectivity index is 0.000000336. The van der Waals surface area contributed by atoms with Crippen molar-refractivity contribution in [1.82, 2.24) is 10.6 Å². The number of nitrogens with zero attached hydrogens (tertiary/aromatic N) is 1. The molecule has 0 aromatic rings. The van der Waals surface area contributed by atoms with Crippen molar-refractivity contribution in [2.75, 3.05) is 6.54 Å². The molecule has 12 heavy (non-hydrogen) atoms. The smallest absolute Gasteiger partial charge is 0.122 e. The molecule has 2 N–H and O–H groups in total. The Morgan fingerprint density at radius 2 is 2.17 bits per heavy atom. The summed E-state index contributed by atoms with van der Waals surface area (Å²) in [7, 11) is 0. The molecule has 0 bridgehead atoms. The SMILES string of the molecule is CC.CC1=NC2NCCCC2N1. The lowest BCUT2D eigenvalue weighted by Gasteiger charge is -2.24. The molecule has 3 heteroatoms. The van der Waals surface area contributed by atoms with E-state index in [0.29, 0.717) is 12.2 Å². The molecule has 2 aliphatic heterocycles.